The summed E-state index contributed by atoms with van der Waals surface area (Å²) < 4.78 is 27.8. The largest absolute Gasteiger partial charge is 0.381 e. The summed E-state index contributed by atoms with van der Waals surface area (Å²) in [6, 6.07) is 10.1. The molecule has 0 aliphatic rings. The Morgan fingerprint density at radius 3 is 2.47 bits per heavy atom. The first-order chi connectivity index (χ1) is 8.14. The molecule has 17 heavy (non-hydrogen) atoms. The summed E-state index contributed by atoms with van der Waals surface area (Å²) >= 11 is 0. The molecule has 0 fully saturated rings. The van der Waals surface area contributed by atoms with Crippen molar-refractivity contribution in [2.45, 2.75) is 19.8 Å². The molecular weight excluding hydrogens is 236 g/mol. The monoisotopic (exact) mass is 256 g/mol. The maximum Gasteiger partial charge on any atom is 0.150 e. The Bertz CT molecular complexity index is 398. The molecule has 0 aliphatic heterocycles. The molecule has 0 N–H and O–H groups in total. The number of ether oxygens (including phenoxy) is 1. The fourth-order valence-corrected chi connectivity index (χ4v) is 2.31. The van der Waals surface area contributed by atoms with Crippen LogP contribution in [0.1, 0.15) is 18.9 Å². The standard InChI is InChI=1S/C13H20O3S/c1-2-17(14,15)12-6-10-16-11-9-13-7-4-3-5-8-13/h3-5,7-8H,2,6,9-12H2,1H3. The Morgan fingerprint density at radius 1 is 1.12 bits per heavy atom. The van der Waals surface area contributed by atoms with Gasteiger partial charge in [0, 0.05) is 12.4 Å². The molecule has 0 atom stereocenters. The van der Waals surface area contributed by atoms with Crippen molar-refractivity contribution in [1.29, 1.82) is 0 Å². The van der Waals surface area contributed by atoms with Crippen LogP contribution in [0.15, 0.2) is 30.3 Å². The maximum absolute atomic E-state index is 11.2. The van der Waals surface area contributed by atoms with E-state index in [-0.39, 0.29) is 11.5 Å². The lowest BCUT2D eigenvalue weighted by atomic mass is 10.2. The van der Waals surface area contributed by atoms with Gasteiger partial charge in [-0.15, -0.1) is 0 Å². The summed E-state index contributed by atoms with van der Waals surface area (Å²) in [7, 11) is -2.84. The van der Waals surface area contributed by atoms with Gasteiger partial charge in [0.25, 0.3) is 0 Å². The van der Waals surface area contributed by atoms with Crippen LogP contribution in [0.2, 0.25) is 0 Å². The van der Waals surface area contributed by atoms with Crippen molar-refractivity contribution in [1.82, 2.24) is 0 Å². The van der Waals surface area contributed by atoms with E-state index >= 15 is 0 Å². The van der Waals surface area contributed by atoms with Crippen LogP contribution in [0, 0.1) is 0 Å². The Balaban J connectivity index is 2.06. The minimum atomic E-state index is -2.84. The van der Waals surface area contributed by atoms with Crippen LogP contribution in [-0.4, -0.2) is 33.1 Å². The van der Waals surface area contributed by atoms with E-state index < -0.39 is 9.84 Å². The minimum Gasteiger partial charge on any atom is -0.381 e. The number of sulfone groups is 1. The molecule has 0 spiro atoms. The highest BCUT2D eigenvalue weighted by Crippen LogP contribution is 2.00. The van der Waals surface area contributed by atoms with Crippen molar-refractivity contribution in [3.63, 3.8) is 0 Å². The van der Waals surface area contributed by atoms with Gasteiger partial charge in [-0.2, -0.15) is 0 Å². The first kappa shape index (κ1) is 14.2. The molecule has 0 saturated heterocycles. The van der Waals surface area contributed by atoms with E-state index in [1.165, 1.54) is 5.56 Å². The highest BCUT2D eigenvalue weighted by molar-refractivity contribution is 7.91. The highest BCUT2D eigenvalue weighted by Gasteiger charge is 2.05. The van der Waals surface area contributed by atoms with Gasteiger partial charge in [-0.05, 0) is 18.4 Å². The zero-order valence-electron chi connectivity index (χ0n) is 10.3. The lowest BCUT2D eigenvalue weighted by Crippen LogP contribution is -2.11. The van der Waals surface area contributed by atoms with Crippen LogP contribution in [0.4, 0.5) is 0 Å². The molecule has 0 aliphatic carbocycles. The second-order valence-corrected chi connectivity index (χ2v) is 6.41. The van der Waals surface area contributed by atoms with E-state index in [1.807, 2.05) is 18.2 Å². The van der Waals surface area contributed by atoms with Crippen LogP contribution < -0.4 is 0 Å². The molecule has 0 saturated carbocycles. The molecule has 0 radical (unpaired) electrons. The number of hydrogen-bond donors (Lipinski definition) is 0. The minimum absolute atomic E-state index is 0.219. The van der Waals surface area contributed by atoms with Crippen molar-refractivity contribution in [2.24, 2.45) is 0 Å². The van der Waals surface area contributed by atoms with Gasteiger partial charge in [-0.1, -0.05) is 37.3 Å². The number of benzene rings is 1. The van der Waals surface area contributed by atoms with E-state index in [4.69, 9.17) is 4.74 Å². The predicted molar refractivity (Wildman–Crippen MR) is 69.9 cm³/mol. The molecular formula is C13H20O3S. The summed E-state index contributed by atoms with van der Waals surface area (Å²) in [5.74, 6) is 0.450. The normalized spacial score (nSPS) is 11.6. The fraction of sp³-hybridized carbons (Fsp3) is 0.538. The van der Waals surface area contributed by atoms with E-state index in [1.54, 1.807) is 6.92 Å². The van der Waals surface area contributed by atoms with Gasteiger partial charge in [0.2, 0.25) is 0 Å². The topological polar surface area (TPSA) is 43.4 Å². The van der Waals surface area contributed by atoms with Gasteiger partial charge in [0.05, 0.1) is 12.4 Å². The molecule has 0 bridgehead atoms. The molecule has 96 valence electrons. The molecule has 3 nitrogen and oxygen atoms in total. The van der Waals surface area contributed by atoms with Crippen LogP contribution in [-0.2, 0) is 21.0 Å². The molecule has 0 aromatic heterocycles. The Hall–Kier alpha value is -0.870. The van der Waals surface area contributed by atoms with Gasteiger partial charge in [0.1, 0.15) is 9.84 Å². The van der Waals surface area contributed by atoms with Crippen LogP contribution in [0.5, 0.6) is 0 Å². The van der Waals surface area contributed by atoms with Crippen molar-refractivity contribution in [2.75, 3.05) is 24.7 Å². The zero-order valence-corrected chi connectivity index (χ0v) is 11.1. The SMILES string of the molecule is CCS(=O)(=O)CCCOCCc1ccccc1. The second-order valence-electron chi connectivity index (χ2n) is 3.94. The van der Waals surface area contributed by atoms with E-state index in [9.17, 15) is 8.42 Å². The Kier molecular flexibility index (Phi) is 6.22. The first-order valence-corrected chi connectivity index (χ1v) is 7.78. The highest BCUT2D eigenvalue weighted by atomic mass is 32.2. The Labute approximate surface area is 104 Å². The summed E-state index contributed by atoms with van der Waals surface area (Å²) in [5.41, 5.74) is 1.24. The summed E-state index contributed by atoms with van der Waals surface area (Å²) in [4.78, 5) is 0. The first-order valence-electron chi connectivity index (χ1n) is 5.96. The third-order valence-electron chi connectivity index (χ3n) is 2.56. The zero-order chi connectivity index (χ0) is 12.6. The maximum atomic E-state index is 11.2. The fourth-order valence-electron chi connectivity index (χ4n) is 1.46. The van der Waals surface area contributed by atoms with Gasteiger partial charge in [-0.25, -0.2) is 8.42 Å². The average Bonchev–Trinajstić information content (AvgIpc) is 2.35. The molecule has 1 aromatic rings. The van der Waals surface area contributed by atoms with E-state index in [0.717, 1.165) is 6.42 Å². The number of rotatable bonds is 8. The lowest BCUT2D eigenvalue weighted by Gasteiger charge is -2.04. The molecule has 0 heterocycles. The van der Waals surface area contributed by atoms with Gasteiger partial charge < -0.3 is 4.74 Å². The summed E-state index contributed by atoms with van der Waals surface area (Å²) in [6.45, 7) is 2.84. The van der Waals surface area contributed by atoms with Gasteiger partial charge in [-0.3, -0.25) is 0 Å². The molecule has 1 rings (SSSR count). The number of hydrogen-bond acceptors (Lipinski definition) is 3. The van der Waals surface area contributed by atoms with Crippen molar-refractivity contribution in [3.8, 4) is 0 Å². The summed E-state index contributed by atoms with van der Waals surface area (Å²) in [5, 5.41) is 0. The van der Waals surface area contributed by atoms with Gasteiger partial charge in [0.15, 0.2) is 0 Å². The third-order valence-corrected chi connectivity index (χ3v) is 4.35. The molecule has 1 aromatic carbocycles. The summed E-state index contributed by atoms with van der Waals surface area (Å²) in [6.07, 6.45) is 1.46. The van der Waals surface area contributed by atoms with Crippen LogP contribution in [0.25, 0.3) is 0 Å². The second kappa shape index (κ2) is 7.45. The van der Waals surface area contributed by atoms with E-state index in [2.05, 4.69) is 12.1 Å². The van der Waals surface area contributed by atoms with E-state index in [0.29, 0.717) is 19.6 Å². The third kappa shape index (κ3) is 6.44. The van der Waals surface area contributed by atoms with Gasteiger partial charge >= 0.3 is 0 Å². The average molecular weight is 256 g/mol. The lowest BCUT2D eigenvalue weighted by molar-refractivity contribution is 0.138. The van der Waals surface area contributed by atoms with Crippen molar-refractivity contribution >= 4 is 9.84 Å². The molecule has 4 heteroatoms. The van der Waals surface area contributed by atoms with Crippen molar-refractivity contribution < 1.29 is 13.2 Å². The van der Waals surface area contributed by atoms with Crippen LogP contribution >= 0.6 is 0 Å². The molecule has 0 unspecified atom stereocenters. The Morgan fingerprint density at radius 2 is 1.82 bits per heavy atom. The smallest absolute Gasteiger partial charge is 0.150 e. The van der Waals surface area contributed by atoms with Crippen molar-refractivity contribution in [3.05, 3.63) is 35.9 Å². The van der Waals surface area contributed by atoms with Crippen LogP contribution in [0.3, 0.4) is 0 Å². The molecule has 0 amide bonds. The predicted octanol–water partition coefficient (Wildman–Crippen LogP) is 2.07. The quantitative estimate of drug-likeness (QED) is 0.669.